The van der Waals surface area contributed by atoms with Crippen molar-refractivity contribution in [2.75, 3.05) is 38.7 Å². The van der Waals surface area contributed by atoms with E-state index in [9.17, 15) is 4.79 Å². The lowest BCUT2D eigenvalue weighted by Crippen LogP contribution is -2.38. The number of rotatable bonds is 10. The molecule has 0 saturated carbocycles. The van der Waals surface area contributed by atoms with Crippen molar-refractivity contribution >= 4 is 29.2 Å². The first-order valence-electron chi connectivity index (χ1n) is 8.23. The predicted molar refractivity (Wildman–Crippen MR) is 99.8 cm³/mol. The lowest BCUT2D eigenvalue weighted by atomic mass is 10.2. The lowest BCUT2D eigenvalue weighted by Gasteiger charge is -2.11. The first-order valence-corrected chi connectivity index (χ1v) is 8.61. The van der Waals surface area contributed by atoms with Crippen LogP contribution in [0, 0.1) is 0 Å². The van der Waals surface area contributed by atoms with Crippen LogP contribution in [0.15, 0.2) is 29.3 Å². The summed E-state index contributed by atoms with van der Waals surface area (Å²) in [6, 6.07) is 7.07. The molecule has 0 aliphatic heterocycles. The van der Waals surface area contributed by atoms with Gasteiger partial charge in [-0.05, 0) is 44.0 Å². The summed E-state index contributed by atoms with van der Waals surface area (Å²) in [7, 11) is 1.73. The Balaban J connectivity index is 2.12. The fourth-order valence-corrected chi connectivity index (χ4v) is 2.08. The molecular weight excluding hydrogens is 328 g/mol. The van der Waals surface area contributed by atoms with E-state index in [1.165, 1.54) is 0 Å². The standard InChI is InChI=1S/C17H27ClN4O2/c1-3-24-13-5-12-21-17(19-2)20-11-4-6-16(23)22-15-9-7-14(18)8-10-15/h7-10H,3-6,11-13H2,1-2H3,(H,22,23)(H2,19,20,21). The van der Waals surface area contributed by atoms with Crippen LogP contribution in [0.5, 0.6) is 0 Å². The number of guanidine groups is 1. The van der Waals surface area contributed by atoms with Gasteiger partial charge in [0.25, 0.3) is 0 Å². The Labute approximate surface area is 149 Å². The summed E-state index contributed by atoms with van der Waals surface area (Å²) < 4.78 is 5.28. The van der Waals surface area contributed by atoms with Crippen LogP contribution in [-0.2, 0) is 9.53 Å². The fourth-order valence-electron chi connectivity index (χ4n) is 1.96. The van der Waals surface area contributed by atoms with Crippen molar-refractivity contribution in [3.05, 3.63) is 29.3 Å². The molecule has 134 valence electrons. The number of carbonyl (C=O) groups is 1. The zero-order valence-electron chi connectivity index (χ0n) is 14.4. The van der Waals surface area contributed by atoms with Gasteiger partial charge in [-0.25, -0.2) is 0 Å². The summed E-state index contributed by atoms with van der Waals surface area (Å²) in [5.41, 5.74) is 0.754. The molecule has 0 heterocycles. The Morgan fingerprint density at radius 2 is 1.83 bits per heavy atom. The minimum atomic E-state index is -0.0150. The normalized spacial score (nSPS) is 11.2. The van der Waals surface area contributed by atoms with Gasteiger partial charge in [0.2, 0.25) is 5.91 Å². The summed E-state index contributed by atoms with van der Waals surface area (Å²) in [6.45, 7) is 4.95. The van der Waals surface area contributed by atoms with Crippen LogP contribution in [0.4, 0.5) is 5.69 Å². The summed E-state index contributed by atoms with van der Waals surface area (Å²) in [4.78, 5) is 16.0. The summed E-state index contributed by atoms with van der Waals surface area (Å²) >= 11 is 5.81. The number of aliphatic imine (C=N–C) groups is 1. The highest BCUT2D eigenvalue weighted by atomic mass is 35.5. The molecule has 1 aromatic rings. The number of carbonyl (C=O) groups excluding carboxylic acids is 1. The zero-order chi connectivity index (χ0) is 17.6. The van der Waals surface area contributed by atoms with E-state index in [4.69, 9.17) is 16.3 Å². The number of amides is 1. The van der Waals surface area contributed by atoms with Gasteiger partial charge in [-0.2, -0.15) is 0 Å². The molecule has 0 atom stereocenters. The highest BCUT2D eigenvalue weighted by Gasteiger charge is 2.03. The quantitative estimate of drug-likeness (QED) is 0.343. The van der Waals surface area contributed by atoms with E-state index in [1.807, 2.05) is 6.92 Å². The van der Waals surface area contributed by atoms with E-state index in [2.05, 4.69) is 20.9 Å². The third kappa shape index (κ3) is 9.37. The number of halogens is 1. The monoisotopic (exact) mass is 354 g/mol. The van der Waals surface area contributed by atoms with E-state index in [0.29, 0.717) is 18.0 Å². The number of nitrogens with one attached hydrogen (secondary N) is 3. The van der Waals surface area contributed by atoms with E-state index < -0.39 is 0 Å². The molecular formula is C17H27ClN4O2. The third-order valence-corrected chi connectivity index (χ3v) is 3.44. The summed E-state index contributed by atoms with van der Waals surface area (Å²) in [5.74, 6) is 0.725. The van der Waals surface area contributed by atoms with Crippen LogP contribution in [0.1, 0.15) is 26.2 Å². The minimum Gasteiger partial charge on any atom is -0.382 e. The van der Waals surface area contributed by atoms with Crippen molar-refractivity contribution in [3.63, 3.8) is 0 Å². The van der Waals surface area contributed by atoms with E-state index in [0.717, 1.165) is 44.2 Å². The van der Waals surface area contributed by atoms with Gasteiger partial charge in [0.1, 0.15) is 0 Å². The second-order valence-electron chi connectivity index (χ2n) is 5.13. The van der Waals surface area contributed by atoms with E-state index in [-0.39, 0.29) is 5.91 Å². The topological polar surface area (TPSA) is 74.8 Å². The highest BCUT2D eigenvalue weighted by molar-refractivity contribution is 6.30. The smallest absolute Gasteiger partial charge is 0.224 e. The molecule has 0 aliphatic carbocycles. The van der Waals surface area contributed by atoms with E-state index >= 15 is 0 Å². The molecule has 0 aliphatic rings. The molecule has 24 heavy (non-hydrogen) atoms. The van der Waals surface area contributed by atoms with Crippen LogP contribution >= 0.6 is 11.6 Å². The maximum atomic E-state index is 11.9. The highest BCUT2D eigenvalue weighted by Crippen LogP contribution is 2.13. The first kappa shape index (κ1) is 20.3. The van der Waals surface area contributed by atoms with Gasteiger partial charge in [0.05, 0.1) is 0 Å². The number of anilines is 1. The molecule has 0 radical (unpaired) electrons. The maximum absolute atomic E-state index is 11.9. The molecule has 7 heteroatoms. The molecule has 0 spiro atoms. The van der Waals surface area contributed by atoms with Crippen LogP contribution in [-0.4, -0.2) is 45.2 Å². The molecule has 0 fully saturated rings. The maximum Gasteiger partial charge on any atom is 0.224 e. The Hall–Kier alpha value is -1.79. The Morgan fingerprint density at radius 1 is 1.17 bits per heavy atom. The summed E-state index contributed by atoms with van der Waals surface area (Å²) in [6.07, 6.45) is 2.09. The van der Waals surface area contributed by atoms with Gasteiger partial charge in [0.15, 0.2) is 5.96 Å². The van der Waals surface area contributed by atoms with Crippen molar-refractivity contribution in [2.45, 2.75) is 26.2 Å². The van der Waals surface area contributed by atoms with Crippen molar-refractivity contribution in [2.24, 2.45) is 4.99 Å². The van der Waals surface area contributed by atoms with Gasteiger partial charge in [-0.1, -0.05) is 11.6 Å². The van der Waals surface area contributed by atoms with Crippen molar-refractivity contribution < 1.29 is 9.53 Å². The van der Waals surface area contributed by atoms with Crippen molar-refractivity contribution in [1.82, 2.24) is 10.6 Å². The van der Waals surface area contributed by atoms with Gasteiger partial charge in [0, 0.05) is 50.5 Å². The lowest BCUT2D eigenvalue weighted by molar-refractivity contribution is -0.116. The number of hydrogen-bond donors (Lipinski definition) is 3. The molecule has 1 rings (SSSR count). The average molecular weight is 355 g/mol. The third-order valence-electron chi connectivity index (χ3n) is 3.19. The summed E-state index contributed by atoms with van der Waals surface area (Å²) in [5, 5.41) is 9.89. The van der Waals surface area contributed by atoms with Gasteiger partial charge in [-0.3, -0.25) is 9.79 Å². The van der Waals surface area contributed by atoms with Gasteiger partial charge < -0.3 is 20.7 Å². The number of nitrogens with zero attached hydrogens (tertiary/aromatic N) is 1. The molecule has 6 nitrogen and oxygen atoms in total. The van der Waals surface area contributed by atoms with Crippen LogP contribution in [0.2, 0.25) is 5.02 Å². The Kier molecular flexibility index (Phi) is 10.6. The van der Waals surface area contributed by atoms with Gasteiger partial charge in [-0.15, -0.1) is 0 Å². The van der Waals surface area contributed by atoms with Crippen molar-refractivity contribution in [3.8, 4) is 0 Å². The SMILES string of the molecule is CCOCCCNC(=NC)NCCCC(=O)Nc1ccc(Cl)cc1. The molecule has 0 aromatic heterocycles. The second kappa shape index (κ2) is 12.6. The Bertz CT molecular complexity index is 506. The largest absolute Gasteiger partial charge is 0.382 e. The predicted octanol–water partition coefficient (Wildman–Crippen LogP) is 2.65. The zero-order valence-corrected chi connectivity index (χ0v) is 15.2. The fraction of sp³-hybridized carbons (Fsp3) is 0.529. The Morgan fingerprint density at radius 3 is 2.46 bits per heavy atom. The van der Waals surface area contributed by atoms with Crippen LogP contribution < -0.4 is 16.0 Å². The molecule has 0 bridgehead atoms. The number of benzene rings is 1. The molecule has 0 saturated heterocycles. The molecule has 1 aromatic carbocycles. The van der Waals surface area contributed by atoms with E-state index in [1.54, 1.807) is 31.3 Å². The van der Waals surface area contributed by atoms with Crippen LogP contribution in [0.25, 0.3) is 0 Å². The number of hydrogen-bond acceptors (Lipinski definition) is 3. The number of ether oxygens (including phenoxy) is 1. The molecule has 0 unspecified atom stereocenters. The first-order chi connectivity index (χ1) is 11.7. The second-order valence-corrected chi connectivity index (χ2v) is 5.57. The van der Waals surface area contributed by atoms with Gasteiger partial charge >= 0.3 is 0 Å². The van der Waals surface area contributed by atoms with Crippen molar-refractivity contribution in [1.29, 1.82) is 0 Å². The molecule has 3 N–H and O–H groups in total. The van der Waals surface area contributed by atoms with Crippen LogP contribution in [0.3, 0.4) is 0 Å². The molecule has 1 amide bonds. The average Bonchev–Trinajstić information content (AvgIpc) is 2.58. The minimum absolute atomic E-state index is 0.0150.